The molecule has 0 radical (unpaired) electrons. The largest absolute Gasteiger partial charge is 0.496 e. The summed E-state index contributed by atoms with van der Waals surface area (Å²) in [6, 6.07) is 14.2. The lowest BCUT2D eigenvalue weighted by Gasteiger charge is -2.15. The Kier molecular flexibility index (Phi) is 8.25. The first-order chi connectivity index (χ1) is 19.1. The molecule has 2 aromatic heterocycles. The maximum Gasteiger partial charge on any atom is 0.271 e. The number of pyridine rings is 1. The number of carbonyl (C=O) groups excluding carboxylic acids is 2. The molecule has 0 saturated heterocycles. The highest BCUT2D eigenvalue weighted by atomic mass is 16.5. The van der Waals surface area contributed by atoms with Gasteiger partial charge >= 0.3 is 0 Å². The maximum atomic E-state index is 13.3. The van der Waals surface area contributed by atoms with E-state index in [0.29, 0.717) is 42.3 Å². The van der Waals surface area contributed by atoms with Gasteiger partial charge in [0.15, 0.2) is 5.78 Å². The maximum absolute atomic E-state index is 13.3. The molecule has 5 rings (SSSR count). The van der Waals surface area contributed by atoms with Gasteiger partial charge in [-0.05, 0) is 55.2 Å². The van der Waals surface area contributed by atoms with E-state index >= 15 is 0 Å². The van der Waals surface area contributed by atoms with Crippen LogP contribution in [-0.4, -0.2) is 40.3 Å². The van der Waals surface area contributed by atoms with Crippen LogP contribution in [0.4, 0.5) is 0 Å². The molecule has 2 aromatic carbocycles. The van der Waals surface area contributed by atoms with Gasteiger partial charge in [0.2, 0.25) is 0 Å². The zero-order valence-corrected chi connectivity index (χ0v) is 22.6. The lowest BCUT2D eigenvalue weighted by atomic mass is 9.92. The number of aryl methyl sites for hydroxylation is 2. The van der Waals surface area contributed by atoms with Gasteiger partial charge in [-0.2, -0.15) is 0 Å². The number of ether oxygens (including phenoxy) is 1. The fraction of sp³-hybridized carbons (Fsp3) is 0.344. The SMILES string of the molecule is CCCCNC(=O)c1cnc(-c2cc3c(CCc4ccccc4)c(C(=O)CC4CC4)cnc3cc2OC)cn1. The summed E-state index contributed by atoms with van der Waals surface area (Å²) in [6.45, 7) is 2.68. The Morgan fingerprint density at radius 1 is 1.00 bits per heavy atom. The molecule has 1 aliphatic carbocycles. The van der Waals surface area contributed by atoms with Crippen LogP contribution >= 0.6 is 0 Å². The van der Waals surface area contributed by atoms with Crippen molar-refractivity contribution in [3.05, 3.63) is 83.4 Å². The van der Waals surface area contributed by atoms with Crippen molar-refractivity contribution in [1.82, 2.24) is 20.3 Å². The number of fused-ring (bicyclic) bond motifs is 1. The smallest absolute Gasteiger partial charge is 0.271 e. The van der Waals surface area contributed by atoms with E-state index in [9.17, 15) is 9.59 Å². The second kappa shape index (κ2) is 12.2. The molecule has 200 valence electrons. The zero-order chi connectivity index (χ0) is 27.2. The lowest BCUT2D eigenvalue weighted by Crippen LogP contribution is -2.25. The van der Waals surface area contributed by atoms with Crippen molar-refractivity contribution in [3.8, 4) is 17.0 Å². The minimum absolute atomic E-state index is 0.158. The second-order valence-corrected chi connectivity index (χ2v) is 10.2. The van der Waals surface area contributed by atoms with Crippen molar-refractivity contribution >= 4 is 22.6 Å². The third-order valence-corrected chi connectivity index (χ3v) is 7.26. The number of hydrogen-bond donors (Lipinski definition) is 1. The molecule has 1 saturated carbocycles. The topological polar surface area (TPSA) is 94.1 Å². The molecule has 2 heterocycles. The normalized spacial score (nSPS) is 12.9. The van der Waals surface area contributed by atoms with E-state index < -0.39 is 0 Å². The number of ketones is 1. The van der Waals surface area contributed by atoms with E-state index in [-0.39, 0.29) is 17.4 Å². The summed E-state index contributed by atoms with van der Waals surface area (Å²) in [5.41, 5.74) is 5.28. The lowest BCUT2D eigenvalue weighted by molar-refractivity contribution is 0.0945. The third-order valence-electron chi connectivity index (χ3n) is 7.26. The molecule has 1 fully saturated rings. The Morgan fingerprint density at radius 2 is 1.82 bits per heavy atom. The van der Waals surface area contributed by atoms with Gasteiger partial charge in [-0.15, -0.1) is 0 Å². The molecule has 1 N–H and O–H groups in total. The van der Waals surface area contributed by atoms with Gasteiger partial charge in [0.25, 0.3) is 5.91 Å². The standard InChI is InChI=1S/C32H34N4O3/c1-3-4-14-33-32(38)29-20-35-28(19-36-29)25-16-24-23(13-12-21-8-6-5-7-9-21)26(30(37)15-22-10-11-22)18-34-27(24)17-31(25)39-2/h5-9,16-20,22H,3-4,10-15H2,1-2H3,(H,33,38). The Balaban J connectivity index is 1.53. The van der Waals surface area contributed by atoms with Gasteiger partial charge in [0.1, 0.15) is 11.4 Å². The quantitative estimate of drug-likeness (QED) is 0.181. The summed E-state index contributed by atoms with van der Waals surface area (Å²) in [7, 11) is 1.61. The summed E-state index contributed by atoms with van der Waals surface area (Å²) in [4.78, 5) is 39.3. The molecule has 0 atom stereocenters. The van der Waals surface area contributed by atoms with Gasteiger partial charge < -0.3 is 10.1 Å². The minimum Gasteiger partial charge on any atom is -0.496 e. The predicted molar refractivity (Wildman–Crippen MR) is 152 cm³/mol. The van der Waals surface area contributed by atoms with Crippen molar-refractivity contribution in [2.75, 3.05) is 13.7 Å². The first-order valence-corrected chi connectivity index (χ1v) is 13.7. The van der Waals surface area contributed by atoms with Gasteiger partial charge in [-0.3, -0.25) is 19.6 Å². The summed E-state index contributed by atoms with van der Waals surface area (Å²) in [5.74, 6) is 1.02. The Hall–Kier alpha value is -4.13. The zero-order valence-electron chi connectivity index (χ0n) is 22.6. The molecule has 0 bridgehead atoms. The number of amides is 1. The number of hydrogen-bond acceptors (Lipinski definition) is 6. The van der Waals surface area contributed by atoms with Gasteiger partial charge in [0.05, 0.1) is 30.7 Å². The van der Waals surface area contributed by atoms with Crippen molar-refractivity contribution in [2.45, 2.75) is 51.9 Å². The van der Waals surface area contributed by atoms with Crippen molar-refractivity contribution in [2.24, 2.45) is 5.92 Å². The average Bonchev–Trinajstić information content (AvgIpc) is 3.79. The summed E-state index contributed by atoms with van der Waals surface area (Å²) >= 11 is 0. The molecule has 7 nitrogen and oxygen atoms in total. The highest BCUT2D eigenvalue weighted by Crippen LogP contribution is 2.37. The van der Waals surface area contributed by atoms with Crippen molar-refractivity contribution < 1.29 is 14.3 Å². The van der Waals surface area contributed by atoms with E-state index in [4.69, 9.17) is 4.74 Å². The number of nitrogens with one attached hydrogen (secondary N) is 1. The van der Waals surface area contributed by atoms with Crippen LogP contribution in [0.15, 0.2) is 61.1 Å². The van der Waals surface area contributed by atoms with Crippen LogP contribution in [0.5, 0.6) is 5.75 Å². The number of unbranched alkanes of at least 4 members (excludes halogenated alkanes) is 1. The fourth-order valence-corrected chi connectivity index (χ4v) is 4.82. The van der Waals surface area contributed by atoms with Gasteiger partial charge in [0, 0.05) is 41.7 Å². The Labute approximate surface area is 229 Å². The molecule has 1 aliphatic rings. The first-order valence-electron chi connectivity index (χ1n) is 13.7. The molecular weight excluding hydrogens is 488 g/mol. The minimum atomic E-state index is -0.237. The number of carbonyl (C=O) groups is 2. The van der Waals surface area contributed by atoms with Crippen LogP contribution in [0.3, 0.4) is 0 Å². The molecular formula is C32H34N4O3. The highest BCUT2D eigenvalue weighted by Gasteiger charge is 2.27. The third kappa shape index (κ3) is 6.30. The molecule has 0 aliphatic heterocycles. The van der Waals surface area contributed by atoms with E-state index in [0.717, 1.165) is 54.1 Å². The highest BCUT2D eigenvalue weighted by molar-refractivity contribution is 6.03. The summed E-state index contributed by atoms with van der Waals surface area (Å²) in [6.07, 6.45) is 11.1. The van der Waals surface area contributed by atoms with Crippen molar-refractivity contribution in [1.29, 1.82) is 0 Å². The average molecular weight is 523 g/mol. The Morgan fingerprint density at radius 3 is 2.51 bits per heavy atom. The number of nitrogens with zero attached hydrogens (tertiary/aromatic N) is 3. The fourth-order valence-electron chi connectivity index (χ4n) is 4.82. The van der Waals surface area contributed by atoms with E-state index in [2.05, 4.69) is 39.3 Å². The molecule has 1 amide bonds. The first kappa shape index (κ1) is 26.5. The van der Waals surface area contributed by atoms with Crippen LogP contribution in [0.25, 0.3) is 22.2 Å². The molecule has 39 heavy (non-hydrogen) atoms. The van der Waals surface area contributed by atoms with Gasteiger partial charge in [-0.1, -0.05) is 43.7 Å². The summed E-state index contributed by atoms with van der Waals surface area (Å²) < 4.78 is 5.70. The van der Waals surface area contributed by atoms with Crippen LogP contribution in [0.1, 0.15) is 71.0 Å². The van der Waals surface area contributed by atoms with E-state index in [1.54, 1.807) is 19.5 Å². The van der Waals surface area contributed by atoms with Crippen LogP contribution in [-0.2, 0) is 12.8 Å². The van der Waals surface area contributed by atoms with E-state index in [1.807, 2.05) is 30.3 Å². The Bertz CT molecular complexity index is 1460. The van der Waals surface area contributed by atoms with Crippen LogP contribution in [0.2, 0.25) is 0 Å². The monoisotopic (exact) mass is 522 g/mol. The van der Waals surface area contributed by atoms with Gasteiger partial charge in [-0.25, -0.2) is 4.98 Å². The number of aromatic nitrogens is 3. The van der Waals surface area contributed by atoms with Crippen LogP contribution < -0.4 is 10.1 Å². The van der Waals surface area contributed by atoms with Crippen molar-refractivity contribution in [3.63, 3.8) is 0 Å². The predicted octanol–water partition coefficient (Wildman–Crippen LogP) is 6.00. The van der Waals surface area contributed by atoms with E-state index in [1.165, 1.54) is 11.8 Å². The number of rotatable bonds is 12. The molecule has 4 aromatic rings. The number of methoxy groups -OCH3 is 1. The number of benzene rings is 2. The molecule has 7 heteroatoms. The number of Topliss-reactive ketones (excluding diaryl/α,β-unsaturated/α-hetero) is 1. The van der Waals surface area contributed by atoms with Crippen LogP contribution in [0, 0.1) is 5.92 Å². The molecule has 0 spiro atoms. The molecule has 0 unspecified atom stereocenters. The summed E-state index contributed by atoms with van der Waals surface area (Å²) in [5, 5.41) is 3.78. The second-order valence-electron chi connectivity index (χ2n) is 10.2.